The Labute approximate surface area is 224 Å². The molecule has 2 aromatic carbocycles. The lowest BCUT2D eigenvalue weighted by atomic mass is 9.86. The van der Waals surface area contributed by atoms with Gasteiger partial charge >= 0.3 is 0 Å². The molecule has 0 aliphatic carbocycles. The standard InChI is InChI=1S/C28H37FN2O4SSi/c1-27(2,3)37(5,6)35-19-26(31-32)25-8-7-23(15-20(25)9-12-30)36-24-17-21(16-22(29)18-24)28(33-4)10-13-34-14-11-28/h7-8,15-18,32H,9-11,13-14,19H2,1-6H3/b31-26-. The van der Waals surface area contributed by atoms with Gasteiger partial charge in [0.15, 0.2) is 8.32 Å². The van der Waals surface area contributed by atoms with Gasteiger partial charge in [0.2, 0.25) is 0 Å². The van der Waals surface area contributed by atoms with Gasteiger partial charge in [-0.15, -0.1) is 0 Å². The van der Waals surface area contributed by atoms with Crippen LogP contribution in [0.1, 0.15) is 50.3 Å². The normalized spacial score (nSPS) is 16.4. The topological polar surface area (TPSA) is 84.1 Å². The summed E-state index contributed by atoms with van der Waals surface area (Å²) >= 11 is 1.42. The minimum Gasteiger partial charge on any atom is -0.411 e. The molecule has 1 aliphatic rings. The number of hydrogen-bond acceptors (Lipinski definition) is 7. The summed E-state index contributed by atoms with van der Waals surface area (Å²) < 4.78 is 32.3. The van der Waals surface area contributed by atoms with Crippen molar-refractivity contribution in [2.45, 2.75) is 73.6 Å². The molecule has 9 heteroatoms. The van der Waals surface area contributed by atoms with Crippen LogP contribution >= 0.6 is 11.8 Å². The molecule has 200 valence electrons. The van der Waals surface area contributed by atoms with Crippen LogP contribution < -0.4 is 0 Å². The second-order valence-electron chi connectivity index (χ2n) is 10.8. The fraction of sp³-hybridized carbons (Fsp3) is 0.500. The summed E-state index contributed by atoms with van der Waals surface area (Å²) in [7, 11) is -0.406. The molecule has 1 N–H and O–H groups in total. The zero-order valence-electron chi connectivity index (χ0n) is 22.6. The monoisotopic (exact) mass is 544 g/mol. The third-order valence-corrected chi connectivity index (χ3v) is 12.9. The Bertz CT molecular complexity index is 1170. The summed E-state index contributed by atoms with van der Waals surface area (Å²) in [5.41, 5.74) is 2.02. The number of ether oxygens (including phenoxy) is 2. The number of oxime groups is 1. The van der Waals surface area contributed by atoms with Gasteiger partial charge in [-0.05, 0) is 59.6 Å². The van der Waals surface area contributed by atoms with E-state index in [4.69, 9.17) is 13.9 Å². The van der Waals surface area contributed by atoms with Crippen molar-refractivity contribution in [3.05, 3.63) is 58.9 Å². The SMILES string of the molecule is COC1(c2cc(F)cc(Sc3ccc(/C(CO[Si](C)(C)C(C)(C)C)=N\O)c(CC#N)c3)c2)CCOCC1. The van der Waals surface area contributed by atoms with Gasteiger partial charge in [-0.3, -0.25) is 0 Å². The van der Waals surface area contributed by atoms with Crippen molar-refractivity contribution in [2.75, 3.05) is 26.9 Å². The number of halogens is 1. The largest absolute Gasteiger partial charge is 0.411 e. The molecule has 1 aliphatic heterocycles. The van der Waals surface area contributed by atoms with E-state index in [2.05, 4.69) is 45.1 Å². The molecule has 0 unspecified atom stereocenters. The van der Waals surface area contributed by atoms with Crippen LogP contribution in [-0.2, 0) is 25.9 Å². The quantitative estimate of drug-likeness (QED) is 0.160. The summed E-state index contributed by atoms with van der Waals surface area (Å²) in [6, 6.07) is 12.8. The highest BCUT2D eigenvalue weighted by molar-refractivity contribution is 7.99. The molecule has 3 rings (SSSR count). The van der Waals surface area contributed by atoms with Crippen molar-refractivity contribution in [2.24, 2.45) is 5.16 Å². The minimum absolute atomic E-state index is 0.0133. The predicted octanol–water partition coefficient (Wildman–Crippen LogP) is 6.90. The second kappa shape index (κ2) is 12.1. The first kappa shape index (κ1) is 29.3. The average molecular weight is 545 g/mol. The Morgan fingerprint density at radius 2 is 1.89 bits per heavy atom. The molecule has 2 aromatic rings. The molecule has 0 amide bonds. The summed E-state index contributed by atoms with van der Waals surface area (Å²) in [4.78, 5) is 1.59. The number of benzene rings is 2. The van der Waals surface area contributed by atoms with E-state index in [0.717, 1.165) is 20.9 Å². The molecule has 0 saturated carbocycles. The zero-order chi connectivity index (χ0) is 27.3. The zero-order valence-corrected chi connectivity index (χ0v) is 24.4. The van der Waals surface area contributed by atoms with E-state index < -0.39 is 13.9 Å². The van der Waals surface area contributed by atoms with E-state index in [0.29, 0.717) is 37.3 Å². The first-order valence-corrected chi connectivity index (χ1v) is 16.1. The molecule has 37 heavy (non-hydrogen) atoms. The van der Waals surface area contributed by atoms with Crippen molar-refractivity contribution < 1.29 is 23.5 Å². The summed E-state index contributed by atoms with van der Waals surface area (Å²) in [5.74, 6) is -0.325. The molecular weight excluding hydrogens is 507 g/mol. The fourth-order valence-corrected chi connectivity index (χ4v) is 6.00. The molecular formula is C28H37FN2O4SSi. The maximum Gasteiger partial charge on any atom is 0.192 e. The van der Waals surface area contributed by atoms with Crippen LogP contribution in [0.4, 0.5) is 4.39 Å². The van der Waals surface area contributed by atoms with Crippen LogP contribution in [0, 0.1) is 17.1 Å². The Morgan fingerprint density at radius 1 is 1.19 bits per heavy atom. The summed E-state index contributed by atoms with van der Waals surface area (Å²) in [6.45, 7) is 12.0. The molecule has 0 bridgehead atoms. The molecule has 0 aromatic heterocycles. The maximum absolute atomic E-state index is 14.7. The fourth-order valence-electron chi connectivity index (χ4n) is 4.10. The van der Waals surface area contributed by atoms with Crippen molar-refractivity contribution >= 4 is 25.8 Å². The molecule has 1 fully saturated rings. The van der Waals surface area contributed by atoms with E-state index in [9.17, 15) is 14.9 Å². The number of rotatable bonds is 9. The highest BCUT2D eigenvalue weighted by Crippen LogP contribution is 2.40. The Morgan fingerprint density at radius 3 is 2.49 bits per heavy atom. The van der Waals surface area contributed by atoms with E-state index in [1.807, 2.05) is 24.3 Å². The van der Waals surface area contributed by atoms with Gasteiger partial charge in [-0.2, -0.15) is 5.26 Å². The first-order chi connectivity index (χ1) is 17.4. The highest BCUT2D eigenvalue weighted by atomic mass is 32.2. The predicted molar refractivity (Wildman–Crippen MR) is 146 cm³/mol. The van der Waals surface area contributed by atoms with Gasteiger partial charge in [-0.1, -0.05) is 43.8 Å². The lowest BCUT2D eigenvalue weighted by Gasteiger charge is -2.36. The summed E-state index contributed by atoms with van der Waals surface area (Å²) in [5, 5.41) is 22.8. The van der Waals surface area contributed by atoms with Gasteiger partial charge < -0.3 is 19.1 Å². The molecule has 0 spiro atoms. The van der Waals surface area contributed by atoms with Crippen molar-refractivity contribution in [3.8, 4) is 6.07 Å². The van der Waals surface area contributed by atoms with E-state index in [1.165, 1.54) is 23.9 Å². The lowest BCUT2D eigenvalue weighted by molar-refractivity contribution is -0.0950. The van der Waals surface area contributed by atoms with Crippen molar-refractivity contribution in [1.29, 1.82) is 5.26 Å². The number of methoxy groups -OCH3 is 1. The Hall–Kier alpha value is -2.22. The maximum atomic E-state index is 14.7. The second-order valence-corrected chi connectivity index (χ2v) is 16.8. The minimum atomic E-state index is -2.06. The van der Waals surface area contributed by atoms with Gasteiger partial charge in [0.05, 0.1) is 24.7 Å². The highest BCUT2D eigenvalue weighted by Gasteiger charge is 2.38. The molecule has 0 radical (unpaired) electrons. The van der Waals surface area contributed by atoms with Gasteiger partial charge in [0.25, 0.3) is 0 Å². The Balaban J connectivity index is 1.88. The number of hydrogen-bond donors (Lipinski definition) is 1. The molecule has 1 heterocycles. The lowest BCUT2D eigenvalue weighted by Crippen LogP contribution is -2.42. The van der Waals surface area contributed by atoms with Crippen LogP contribution in [0.15, 0.2) is 51.3 Å². The van der Waals surface area contributed by atoms with E-state index in [1.54, 1.807) is 7.11 Å². The Kier molecular flexibility index (Phi) is 9.59. The van der Waals surface area contributed by atoms with Gasteiger partial charge in [0, 0.05) is 48.5 Å². The third kappa shape index (κ3) is 7.01. The smallest absolute Gasteiger partial charge is 0.192 e. The van der Waals surface area contributed by atoms with Crippen LogP contribution in [0.3, 0.4) is 0 Å². The number of nitrogens with zero attached hydrogens (tertiary/aromatic N) is 2. The number of nitriles is 1. The van der Waals surface area contributed by atoms with Crippen LogP contribution in [0.25, 0.3) is 0 Å². The van der Waals surface area contributed by atoms with E-state index in [-0.39, 0.29) is 23.9 Å². The van der Waals surface area contributed by atoms with Gasteiger partial charge in [0.1, 0.15) is 11.5 Å². The molecule has 1 saturated heterocycles. The van der Waals surface area contributed by atoms with E-state index >= 15 is 0 Å². The van der Waals surface area contributed by atoms with Crippen LogP contribution in [0.5, 0.6) is 0 Å². The first-order valence-electron chi connectivity index (χ1n) is 12.4. The van der Waals surface area contributed by atoms with Crippen LogP contribution in [0.2, 0.25) is 18.1 Å². The van der Waals surface area contributed by atoms with Crippen molar-refractivity contribution in [3.63, 3.8) is 0 Å². The molecule has 0 atom stereocenters. The van der Waals surface area contributed by atoms with Crippen molar-refractivity contribution in [1.82, 2.24) is 0 Å². The third-order valence-electron chi connectivity index (χ3n) is 7.48. The average Bonchev–Trinajstić information content (AvgIpc) is 2.85. The summed E-state index contributed by atoms with van der Waals surface area (Å²) in [6.07, 6.45) is 1.47. The molecule has 6 nitrogen and oxygen atoms in total. The van der Waals surface area contributed by atoms with Crippen LogP contribution in [-0.4, -0.2) is 46.2 Å². The van der Waals surface area contributed by atoms with Gasteiger partial charge in [-0.25, -0.2) is 4.39 Å².